The first-order chi connectivity index (χ1) is 10.4. The fourth-order valence-electron chi connectivity index (χ4n) is 2.46. The van der Waals surface area contributed by atoms with E-state index >= 15 is 0 Å². The Morgan fingerprint density at radius 3 is 2.59 bits per heavy atom. The molecule has 1 aliphatic heterocycles. The summed E-state index contributed by atoms with van der Waals surface area (Å²) in [6.07, 6.45) is -0.0455. The second kappa shape index (κ2) is 6.92. The van der Waals surface area contributed by atoms with Gasteiger partial charge in [0.1, 0.15) is 5.60 Å². The number of Topliss-reactive ketones (excluding diaryl/α,β-unsaturated/α-hetero) is 1. The van der Waals surface area contributed by atoms with Crippen molar-refractivity contribution in [2.24, 2.45) is 0 Å². The first-order valence-electron chi connectivity index (χ1n) is 7.65. The fourth-order valence-corrected chi connectivity index (χ4v) is 2.46. The zero-order valence-electron chi connectivity index (χ0n) is 13.5. The van der Waals surface area contributed by atoms with Crippen LogP contribution < -0.4 is 5.32 Å². The van der Waals surface area contributed by atoms with Gasteiger partial charge in [0.2, 0.25) is 0 Å². The van der Waals surface area contributed by atoms with E-state index < -0.39 is 5.60 Å². The Hall–Kier alpha value is -1.88. The topological polar surface area (TPSA) is 58.6 Å². The van der Waals surface area contributed by atoms with Gasteiger partial charge in [-0.3, -0.25) is 4.79 Å². The maximum absolute atomic E-state index is 12.4. The lowest BCUT2D eigenvalue weighted by molar-refractivity contribution is 0.0117. The Kier molecular flexibility index (Phi) is 5.19. The van der Waals surface area contributed by atoms with E-state index in [1.165, 1.54) is 0 Å². The van der Waals surface area contributed by atoms with E-state index in [2.05, 4.69) is 5.32 Å². The van der Waals surface area contributed by atoms with Gasteiger partial charge in [-0.1, -0.05) is 30.3 Å². The minimum absolute atomic E-state index is 0.0443. The van der Waals surface area contributed by atoms with Crippen LogP contribution in [0.25, 0.3) is 0 Å². The molecule has 1 amide bonds. The van der Waals surface area contributed by atoms with Crippen LogP contribution in [0, 0.1) is 0 Å². The summed E-state index contributed by atoms with van der Waals surface area (Å²) in [5, 5.41) is 3.24. The zero-order chi connectivity index (χ0) is 16.2. The minimum atomic E-state index is -0.532. The van der Waals surface area contributed by atoms with Crippen molar-refractivity contribution in [2.75, 3.05) is 19.6 Å². The van der Waals surface area contributed by atoms with Gasteiger partial charge in [-0.2, -0.15) is 0 Å². The highest BCUT2D eigenvalue weighted by Crippen LogP contribution is 2.16. The molecule has 0 aromatic heterocycles. The number of hydrogen-bond donors (Lipinski definition) is 1. The largest absolute Gasteiger partial charge is 0.444 e. The van der Waals surface area contributed by atoms with Crippen LogP contribution >= 0.6 is 0 Å². The molecule has 120 valence electrons. The van der Waals surface area contributed by atoms with Gasteiger partial charge in [-0.25, -0.2) is 4.79 Å². The molecular weight excluding hydrogens is 280 g/mol. The molecular formula is C17H24N2O3. The summed E-state index contributed by atoms with van der Waals surface area (Å²) in [5.74, 6) is 0.0443. The van der Waals surface area contributed by atoms with Crippen LogP contribution in [-0.2, 0) is 4.74 Å². The molecule has 0 bridgehead atoms. The van der Waals surface area contributed by atoms with Crippen molar-refractivity contribution in [2.45, 2.75) is 38.8 Å². The molecule has 22 heavy (non-hydrogen) atoms. The number of benzene rings is 1. The Morgan fingerprint density at radius 1 is 1.27 bits per heavy atom. The number of ketones is 1. The molecule has 2 rings (SSSR count). The number of rotatable bonds is 3. The van der Waals surface area contributed by atoms with Crippen molar-refractivity contribution >= 4 is 11.9 Å². The third-order valence-corrected chi connectivity index (χ3v) is 3.50. The summed E-state index contributed by atoms with van der Waals surface area (Å²) in [5.41, 5.74) is 0.146. The van der Waals surface area contributed by atoms with Gasteiger partial charge in [0.15, 0.2) is 5.78 Å². The highest BCUT2D eigenvalue weighted by atomic mass is 16.6. The van der Waals surface area contributed by atoms with Gasteiger partial charge in [0.05, 0.1) is 6.04 Å². The van der Waals surface area contributed by atoms with E-state index in [1.54, 1.807) is 17.0 Å². The molecule has 1 aromatic rings. The molecule has 1 N–H and O–H groups in total. The fraction of sp³-hybridized carbons (Fsp3) is 0.529. The third kappa shape index (κ3) is 4.56. The van der Waals surface area contributed by atoms with Crippen molar-refractivity contribution in [1.29, 1.82) is 0 Å². The molecule has 1 saturated heterocycles. The lowest BCUT2D eigenvalue weighted by Gasteiger charge is -2.36. The molecule has 0 radical (unpaired) electrons. The first-order valence-corrected chi connectivity index (χ1v) is 7.65. The lowest BCUT2D eigenvalue weighted by Crippen LogP contribution is -2.55. The molecule has 1 heterocycles. The number of nitrogens with one attached hydrogen (secondary N) is 1. The van der Waals surface area contributed by atoms with Gasteiger partial charge in [-0.05, 0) is 20.8 Å². The van der Waals surface area contributed by atoms with Crippen molar-refractivity contribution in [3.8, 4) is 0 Å². The zero-order valence-corrected chi connectivity index (χ0v) is 13.5. The first kappa shape index (κ1) is 16.5. The summed E-state index contributed by atoms with van der Waals surface area (Å²) in [6, 6.07) is 9.01. The van der Waals surface area contributed by atoms with E-state index in [0.717, 1.165) is 6.54 Å². The molecule has 1 fully saturated rings. The number of hydrogen-bond acceptors (Lipinski definition) is 4. The van der Waals surface area contributed by atoms with Crippen LogP contribution in [0.5, 0.6) is 0 Å². The molecule has 5 heteroatoms. The van der Waals surface area contributed by atoms with E-state index in [0.29, 0.717) is 25.1 Å². The van der Waals surface area contributed by atoms with Gasteiger partial charge in [0.25, 0.3) is 0 Å². The average Bonchev–Trinajstić information content (AvgIpc) is 2.47. The van der Waals surface area contributed by atoms with Crippen molar-refractivity contribution < 1.29 is 14.3 Å². The molecule has 0 spiro atoms. The monoisotopic (exact) mass is 304 g/mol. The van der Waals surface area contributed by atoms with Gasteiger partial charge >= 0.3 is 6.09 Å². The van der Waals surface area contributed by atoms with E-state index in [1.807, 2.05) is 39.0 Å². The SMILES string of the molecule is CC(C)(C)OC(=O)N1CCNCC1CC(=O)c1ccccc1. The second-order valence-corrected chi connectivity index (χ2v) is 6.53. The van der Waals surface area contributed by atoms with Crippen molar-refractivity contribution in [3.63, 3.8) is 0 Å². The third-order valence-electron chi connectivity index (χ3n) is 3.50. The summed E-state index contributed by atoms with van der Waals surface area (Å²) in [6.45, 7) is 7.42. The number of piperazine rings is 1. The number of carbonyl (C=O) groups excluding carboxylic acids is 2. The normalized spacial score (nSPS) is 18.9. The van der Waals surface area contributed by atoms with Crippen molar-refractivity contribution in [3.05, 3.63) is 35.9 Å². The number of nitrogens with zero attached hydrogens (tertiary/aromatic N) is 1. The number of carbonyl (C=O) groups is 2. The molecule has 0 aliphatic carbocycles. The predicted molar refractivity (Wildman–Crippen MR) is 85.0 cm³/mol. The average molecular weight is 304 g/mol. The van der Waals surface area contributed by atoms with E-state index in [-0.39, 0.29) is 17.9 Å². The molecule has 1 atom stereocenters. The maximum Gasteiger partial charge on any atom is 0.410 e. The second-order valence-electron chi connectivity index (χ2n) is 6.53. The van der Waals surface area contributed by atoms with Gasteiger partial charge in [-0.15, -0.1) is 0 Å². The van der Waals surface area contributed by atoms with Crippen LogP contribution in [0.4, 0.5) is 4.79 Å². The molecule has 0 saturated carbocycles. The van der Waals surface area contributed by atoms with Crippen LogP contribution in [0.15, 0.2) is 30.3 Å². The number of ether oxygens (including phenoxy) is 1. The summed E-state index contributed by atoms with van der Waals surface area (Å²) < 4.78 is 5.44. The number of amides is 1. The van der Waals surface area contributed by atoms with Crippen molar-refractivity contribution in [1.82, 2.24) is 10.2 Å². The smallest absolute Gasteiger partial charge is 0.410 e. The molecule has 1 unspecified atom stereocenters. The summed E-state index contributed by atoms with van der Waals surface area (Å²) in [7, 11) is 0. The highest BCUT2D eigenvalue weighted by molar-refractivity contribution is 5.96. The Morgan fingerprint density at radius 2 is 1.95 bits per heavy atom. The Labute approximate surface area is 131 Å². The standard InChI is InChI=1S/C17H24N2O3/c1-17(2,3)22-16(21)19-10-9-18-12-14(19)11-15(20)13-7-5-4-6-8-13/h4-8,14,18H,9-12H2,1-3H3. The molecule has 1 aromatic carbocycles. The minimum Gasteiger partial charge on any atom is -0.444 e. The highest BCUT2D eigenvalue weighted by Gasteiger charge is 2.31. The Bertz CT molecular complexity index is 522. The Balaban J connectivity index is 2.04. The van der Waals surface area contributed by atoms with Crippen LogP contribution in [0.2, 0.25) is 0 Å². The van der Waals surface area contributed by atoms with E-state index in [4.69, 9.17) is 4.74 Å². The van der Waals surface area contributed by atoms with Crippen LogP contribution in [0.3, 0.4) is 0 Å². The summed E-state index contributed by atoms with van der Waals surface area (Å²) in [4.78, 5) is 26.3. The van der Waals surface area contributed by atoms with E-state index in [9.17, 15) is 9.59 Å². The van der Waals surface area contributed by atoms with Crippen LogP contribution in [-0.4, -0.2) is 48.1 Å². The van der Waals surface area contributed by atoms with Gasteiger partial charge in [0, 0.05) is 31.6 Å². The molecule has 1 aliphatic rings. The summed E-state index contributed by atoms with van der Waals surface area (Å²) >= 11 is 0. The maximum atomic E-state index is 12.4. The lowest BCUT2D eigenvalue weighted by atomic mass is 10.0. The predicted octanol–water partition coefficient (Wildman–Crippen LogP) is 2.47. The quantitative estimate of drug-likeness (QED) is 0.872. The van der Waals surface area contributed by atoms with Crippen LogP contribution in [0.1, 0.15) is 37.6 Å². The van der Waals surface area contributed by atoms with Gasteiger partial charge < -0.3 is 15.0 Å². The molecule has 5 nitrogen and oxygen atoms in total.